The number of rotatable bonds is 5. The third kappa shape index (κ3) is 3.40. The van der Waals surface area contributed by atoms with Crippen molar-refractivity contribution in [3.05, 3.63) is 41.7 Å². The number of anilines is 1. The molecule has 6 heteroatoms. The van der Waals surface area contributed by atoms with E-state index >= 15 is 0 Å². The molecule has 0 spiro atoms. The second-order valence-electron chi connectivity index (χ2n) is 4.27. The van der Waals surface area contributed by atoms with E-state index in [2.05, 4.69) is 15.3 Å². The monoisotopic (exact) mass is 279 g/mol. The van der Waals surface area contributed by atoms with Crippen molar-refractivity contribution in [2.24, 2.45) is 0 Å². The van der Waals surface area contributed by atoms with Gasteiger partial charge in [-0.15, -0.1) is 0 Å². The topological polar surface area (TPSA) is 47.0 Å². The minimum Gasteiger partial charge on any atom is -0.435 e. The first-order valence-corrected chi connectivity index (χ1v) is 6.30. The minimum atomic E-state index is -0.856. The molecule has 0 aliphatic rings. The van der Waals surface area contributed by atoms with Crippen LogP contribution in [0.2, 0.25) is 0 Å². The average Bonchev–Trinajstić information content (AvgIpc) is 2.43. The van der Waals surface area contributed by atoms with Gasteiger partial charge < -0.3 is 10.1 Å². The highest BCUT2D eigenvalue weighted by molar-refractivity contribution is 5.40. The number of ether oxygens (including phenoxy) is 1. The molecule has 0 amide bonds. The maximum Gasteiger partial charge on any atom is 0.258 e. The summed E-state index contributed by atoms with van der Waals surface area (Å²) in [6, 6.07) is 4.13. The number of pyridine rings is 2. The molecule has 1 N–H and O–H groups in total. The lowest BCUT2D eigenvalue weighted by Gasteiger charge is -2.09. The Kier molecular flexibility index (Phi) is 4.45. The van der Waals surface area contributed by atoms with Crippen molar-refractivity contribution in [3.8, 4) is 11.6 Å². The van der Waals surface area contributed by atoms with Crippen LogP contribution >= 0.6 is 0 Å². The molecule has 0 aliphatic heterocycles. The zero-order valence-corrected chi connectivity index (χ0v) is 11.3. The molecule has 20 heavy (non-hydrogen) atoms. The molecule has 0 radical (unpaired) electrons. The standard InChI is InChI=1S/C14H15F2N3O/c1-3-6-17-13-11(15)7-12(16)14(19-13)20-10-5-4-9(2)18-8-10/h4-5,7-8H,3,6H2,1-2H3,(H,17,19). The number of aryl methyl sites for hydroxylation is 1. The van der Waals surface area contributed by atoms with E-state index in [9.17, 15) is 8.78 Å². The van der Waals surface area contributed by atoms with Crippen LogP contribution in [0, 0.1) is 18.6 Å². The Morgan fingerprint density at radius 2 is 2.05 bits per heavy atom. The summed E-state index contributed by atoms with van der Waals surface area (Å²) < 4.78 is 32.4. The molecule has 0 saturated carbocycles. The lowest BCUT2D eigenvalue weighted by Crippen LogP contribution is -2.06. The van der Waals surface area contributed by atoms with Crippen LogP contribution in [-0.2, 0) is 0 Å². The summed E-state index contributed by atoms with van der Waals surface area (Å²) >= 11 is 0. The number of aromatic nitrogens is 2. The molecule has 0 atom stereocenters. The molecule has 0 aliphatic carbocycles. The van der Waals surface area contributed by atoms with Crippen LogP contribution in [0.5, 0.6) is 11.6 Å². The lowest BCUT2D eigenvalue weighted by molar-refractivity contribution is 0.416. The van der Waals surface area contributed by atoms with Gasteiger partial charge >= 0.3 is 0 Å². The van der Waals surface area contributed by atoms with Gasteiger partial charge in [0, 0.05) is 18.3 Å². The Balaban J connectivity index is 2.24. The second-order valence-corrected chi connectivity index (χ2v) is 4.27. The Labute approximate surface area is 115 Å². The summed E-state index contributed by atoms with van der Waals surface area (Å²) in [5, 5.41) is 2.78. The zero-order chi connectivity index (χ0) is 14.5. The van der Waals surface area contributed by atoms with Crippen molar-refractivity contribution in [1.29, 1.82) is 0 Å². The van der Waals surface area contributed by atoms with Crippen molar-refractivity contribution in [3.63, 3.8) is 0 Å². The molecular weight excluding hydrogens is 264 g/mol. The summed E-state index contributed by atoms with van der Waals surface area (Å²) in [6.07, 6.45) is 2.26. The van der Waals surface area contributed by atoms with E-state index in [-0.39, 0.29) is 11.7 Å². The molecule has 4 nitrogen and oxygen atoms in total. The molecule has 0 saturated heterocycles. The van der Waals surface area contributed by atoms with Crippen LogP contribution in [0.4, 0.5) is 14.6 Å². The van der Waals surface area contributed by atoms with Crippen LogP contribution in [0.15, 0.2) is 24.4 Å². The number of hydrogen-bond donors (Lipinski definition) is 1. The maximum absolute atomic E-state index is 13.6. The fourth-order valence-electron chi connectivity index (χ4n) is 1.51. The van der Waals surface area contributed by atoms with E-state index in [1.54, 1.807) is 12.1 Å². The van der Waals surface area contributed by atoms with Gasteiger partial charge in [0.1, 0.15) is 5.75 Å². The highest BCUT2D eigenvalue weighted by Gasteiger charge is 2.13. The molecule has 2 heterocycles. The normalized spacial score (nSPS) is 10.4. The van der Waals surface area contributed by atoms with Crippen molar-refractivity contribution in [2.75, 3.05) is 11.9 Å². The smallest absolute Gasteiger partial charge is 0.258 e. The molecule has 0 bridgehead atoms. The quantitative estimate of drug-likeness (QED) is 0.907. The SMILES string of the molecule is CCCNc1nc(Oc2ccc(C)nc2)c(F)cc1F. The molecule has 0 fully saturated rings. The van der Waals surface area contributed by atoms with E-state index in [4.69, 9.17) is 4.74 Å². The van der Waals surface area contributed by atoms with Gasteiger partial charge in [-0.1, -0.05) is 6.92 Å². The molecule has 2 aromatic heterocycles. The molecule has 2 aromatic rings. The van der Waals surface area contributed by atoms with Crippen LogP contribution in [0.25, 0.3) is 0 Å². The number of nitrogens with zero attached hydrogens (tertiary/aromatic N) is 2. The number of nitrogens with one attached hydrogen (secondary N) is 1. The van der Waals surface area contributed by atoms with Crippen LogP contribution < -0.4 is 10.1 Å². The summed E-state index contributed by atoms with van der Waals surface area (Å²) in [4.78, 5) is 7.85. The molecule has 106 valence electrons. The second kappa shape index (κ2) is 6.27. The van der Waals surface area contributed by atoms with Gasteiger partial charge in [0.2, 0.25) is 0 Å². The molecule has 0 unspecified atom stereocenters. The Morgan fingerprint density at radius 1 is 1.25 bits per heavy atom. The summed E-state index contributed by atoms with van der Waals surface area (Å²) in [5.41, 5.74) is 0.815. The van der Waals surface area contributed by atoms with E-state index < -0.39 is 11.6 Å². The van der Waals surface area contributed by atoms with Crippen molar-refractivity contribution >= 4 is 5.82 Å². The molecular formula is C14H15F2N3O. The van der Waals surface area contributed by atoms with Gasteiger partial charge in [0.25, 0.3) is 5.88 Å². The third-order valence-electron chi connectivity index (χ3n) is 2.54. The molecule has 2 rings (SSSR count). The van der Waals surface area contributed by atoms with E-state index in [1.165, 1.54) is 6.20 Å². The van der Waals surface area contributed by atoms with Crippen LogP contribution in [-0.4, -0.2) is 16.5 Å². The van der Waals surface area contributed by atoms with Gasteiger partial charge in [-0.3, -0.25) is 4.98 Å². The van der Waals surface area contributed by atoms with E-state index in [1.807, 2.05) is 13.8 Å². The van der Waals surface area contributed by atoms with Gasteiger partial charge in [0.15, 0.2) is 17.5 Å². The lowest BCUT2D eigenvalue weighted by atomic mass is 10.3. The minimum absolute atomic E-state index is 0.0247. The predicted octanol–water partition coefficient (Wildman–Crippen LogP) is 3.68. The Bertz CT molecular complexity index is 588. The van der Waals surface area contributed by atoms with Gasteiger partial charge in [-0.2, -0.15) is 4.98 Å². The van der Waals surface area contributed by atoms with E-state index in [0.29, 0.717) is 12.3 Å². The highest BCUT2D eigenvalue weighted by Crippen LogP contribution is 2.25. The zero-order valence-electron chi connectivity index (χ0n) is 11.3. The van der Waals surface area contributed by atoms with Crippen molar-refractivity contribution in [1.82, 2.24) is 9.97 Å². The van der Waals surface area contributed by atoms with Crippen molar-refractivity contribution < 1.29 is 13.5 Å². The van der Waals surface area contributed by atoms with Gasteiger partial charge in [-0.25, -0.2) is 8.78 Å². The number of hydrogen-bond acceptors (Lipinski definition) is 4. The summed E-state index contributed by atoms with van der Waals surface area (Å²) in [7, 11) is 0. The van der Waals surface area contributed by atoms with Crippen LogP contribution in [0.3, 0.4) is 0 Å². The molecule has 0 aromatic carbocycles. The van der Waals surface area contributed by atoms with Gasteiger partial charge in [0.05, 0.1) is 6.20 Å². The predicted molar refractivity (Wildman–Crippen MR) is 72.0 cm³/mol. The van der Waals surface area contributed by atoms with E-state index in [0.717, 1.165) is 18.2 Å². The van der Waals surface area contributed by atoms with Gasteiger partial charge in [-0.05, 0) is 25.5 Å². The largest absolute Gasteiger partial charge is 0.435 e. The van der Waals surface area contributed by atoms with Crippen molar-refractivity contribution in [2.45, 2.75) is 20.3 Å². The fourth-order valence-corrected chi connectivity index (χ4v) is 1.51. The highest BCUT2D eigenvalue weighted by atomic mass is 19.1. The Morgan fingerprint density at radius 3 is 2.70 bits per heavy atom. The summed E-state index contributed by atoms with van der Waals surface area (Å²) in [5.74, 6) is -1.57. The Hall–Kier alpha value is -2.24. The van der Waals surface area contributed by atoms with Crippen LogP contribution in [0.1, 0.15) is 19.0 Å². The first-order valence-electron chi connectivity index (χ1n) is 6.30. The average molecular weight is 279 g/mol. The fraction of sp³-hybridized carbons (Fsp3) is 0.286. The third-order valence-corrected chi connectivity index (χ3v) is 2.54. The summed E-state index contributed by atoms with van der Waals surface area (Å²) in [6.45, 7) is 4.30. The maximum atomic E-state index is 13.6. The first kappa shape index (κ1) is 14.2. The number of halogens is 2. The first-order chi connectivity index (χ1) is 9.60.